The van der Waals surface area contributed by atoms with Crippen molar-refractivity contribution in [3.63, 3.8) is 0 Å². The van der Waals surface area contributed by atoms with Crippen LogP contribution < -0.4 is 9.46 Å². The molecule has 0 saturated carbocycles. The molecule has 1 saturated heterocycles. The van der Waals surface area contributed by atoms with Gasteiger partial charge in [-0.3, -0.25) is 4.79 Å². The van der Waals surface area contributed by atoms with Crippen molar-refractivity contribution in [2.24, 2.45) is 0 Å². The van der Waals surface area contributed by atoms with Crippen LogP contribution in [-0.4, -0.2) is 45.7 Å². The van der Waals surface area contributed by atoms with Crippen LogP contribution in [-0.2, 0) is 14.8 Å². The summed E-state index contributed by atoms with van der Waals surface area (Å²) < 4.78 is 30.8. The smallest absolute Gasteiger partial charge is 0.224 e. The van der Waals surface area contributed by atoms with E-state index in [0.29, 0.717) is 5.75 Å². The predicted molar refractivity (Wildman–Crippen MR) is 84.1 cm³/mol. The number of hydrogen-bond acceptors (Lipinski definition) is 4. The van der Waals surface area contributed by atoms with Gasteiger partial charge < -0.3 is 9.64 Å². The van der Waals surface area contributed by atoms with Crippen molar-refractivity contribution in [2.45, 2.75) is 25.3 Å². The molecule has 1 heterocycles. The quantitative estimate of drug-likeness (QED) is 0.855. The Hall–Kier alpha value is -1.60. The zero-order valence-electron chi connectivity index (χ0n) is 12.9. The Bertz CT molecular complexity index is 607. The SMILES string of the molecule is COc1ccc(C(CC(=O)N2CCCC2)NS(C)(=O)=O)cc1. The normalized spacial score (nSPS) is 16.5. The molecule has 122 valence electrons. The highest BCUT2D eigenvalue weighted by Crippen LogP contribution is 2.23. The molecular formula is C15H22N2O4S. The van der Waals surface area contributed by atoms with Crippen molar-refractivity contribution < 1.29 is 17.9 Å². The molecule has 0 radical (unpaired) electrons. The van der Waals surface area contributed by atoms with Crippen molar-refractivity contribution in [2.75, 3.05) is 26.5 Å². The maximum Gasteiger partial charge on any atom is 0.224 e. The fourth-order valence-electron chi connectivity index (χ4n) is 2.59. The van der Waals surface area contributed by atoms with E-state index < -0.39 is 16.1 Å². The number of amides is 1. The number of carbonyl (C=O) groups excluding carboxylic acids is 1. The molecule has 1 N–H and O–H groups in total. The third-order valence-corrected chi connectivity index (χ3v) is 4.42. The number of nitrogens with zero attached hydrogens (tertiary/aromatic N) is 1. The van der Waals surface area contributed by atoms with Crippen LogP contribution in [0.4, 0.5) is 0 Å². The molecule has 1 amide bonds. The number of ether oxygens (including phenoxy) is 1. The standard InChI is InChI=1S/C15H22N2O4S/c1-21-13-7-5-12(6-8-13)14(16-22(2,19)20)11-15(18)17-9-3-4-10-17/h5-8,14,16H,3-4,9-11H2,1-2H3. The highest BCUT2D eigenvalue weighted by atomic mass is 32.2. The lowest BCUT2D eigenvalue weighted by atomic mass is 10.0. The third kappa shape index (κ3) is 4.71. The number of nitrogens with one attached hydrogen (secondary N) is 1. The third-order valence-electron chi connectivity index (χ3n) is 3.71. The Balaban J connectivity index is 2.15. The Labute approximate surface area is 131 Å². The monoisotopic (exact) mass is 326 g/mol. The van der Waals surface area contributed by atoms with E-state index in [-0.39, 0.29) is 12.3 Å². The molecule has 1 aromatic rings. The Morgan fingerprint density at radius 1 is 1.27 bits per heavy atom. The van der Waals surface area contributed by atoms with Crippen molar-refractivity contribution in [1.29, 1.82) is 0 Å². The molecule has 1 unspecified atom stereocenters. The second-order valence-corrected chi connectivity index (χ2v) is 7.29. The number of hydrogen-bond donors (Lipinski definition) is 1. The Morgan fingerprint density at radius 2 is 1.86 bits per heavy atom. The zero-order chi connectivity index (χ0) is 16.2. The molecule has 0 bridgehead atoms. The zero-order valence-corrected chi connectivity index (χ0v) is 13.7. The molecule has 2 rings (SSSR count). The first-order valence-electron chi connectivity index (χ1n) is 7.28. The summed E-state index contributed by atoms with van der Waals surface area (Å²) >= 11 is 0. The number of likely N-dealkylation sites (tertiary alicyclic amines) is 1. The van der Waals surface area contributed by atoms with Gasteiger partial charge in [-0.05, 0) is 30.5 Å². The fourth-order valence-corrected chi connectivity index (χ4v) is 3.33. The average molecular weight is 326 g/mol. The van der Waals surface area contributed by atoms with Gasteiger partial charge >= 0.3 is 0 Å². The summed E-state index contributed by atoms with van der Waals surface area (Å²) in [4.78, 5) is 14.1. The van der Waals surface area contributed by atoms with Crippen LogP contribution in [0, 0.1) is 0 Å². The fraction of sp³-hybridized carbons (Fsp3) is 0.533. The summed E-state index contributed by atoms with van der Waals surface area (Å²) in [6.45, 7) is 1.51. The van der Waals surface area contributed by atoms with Gasteiger partial charge in [0.2, 0.25) is 15.9 Å². The van der Waals surface area contributed by atoms with Crippen LogP contribution in [0.25, 0.3) is 0 Å². The van der Waals surface area contributed by atoms with E-state index in [1.165, 1.54) is 0 Å². The van der Waals surface area contributed by atoms with Crippen LogP contribution in [0.1, 0.15) is 30.9 Å². The molecule has 1 aliphatic heterocycles. The summed E-state index contributed by atoms with van der Waals surface area (Å²) in [6.07, 6.45) is 3.25. The number of sulfonamides is 1. The minimum absolute atomic E-state index is 0.0190. The van der Waals surface area contributed by atoms with Gasteiger partial charge in [0.15, 0.2) is 0 Å². The van der Waals surface area contributed by atoms with E-state index in [2.05, 4.69) is 4.72 Å². The topological polar surface area (TPSA) is 75.7 Å². The van der Waals surface area contributed by atoms with Crippen LogP contribution in [0.2, 0.25) is 0 Å². The highest BCUT2D eigenvalue weighted by Gasteiger charge is 2.24. The molecule has 0 aliphatic carbocycles. The summed E-state index contributed by atoms with van der Waals surface area (Å²) in [6, 6.07) is 6.51. The van der Waals surface area contributed by atoms with E-state index in [1.807, 2.05) is 0 Å². The van der Waals surface area contributed by atoms with Crippen LogP contribution >= 0.6 is 0 Å². The first kappa shape index (κ1) is 16.8. The van der Waals surface area contributed by atoms with Crippen LogP contribution in [0.15, 0.2) is 24.3 Å². The maximum atomic E-state index is 12.3. The Morgan fingerprint density at radius 3 is 2.36 bits per heavy atom. The van der Waals surface area contributed by atoms with Crippen LogP contribution in [0.5, 0.6) is 5.75 Å². The summed E-state index contributed by atoms with van der Waals surface area (Å²) in [5.74, 6) is 0.669. The van der Waals surface area contributed by atoms with Gasteiger partial charge in [0.1, 0.15) is 5.75 Å². The summed E-state index contributed by atoms with van der Waals surface area (Å²) in [5.41, 5.74) is 0.749. The van der Waals surface area contributed by atoms with E-state index in [1.54, 1.807) is 36.3 Å². The van der Waals surface area contributed by atoms with Crippen LogP contribution in [0.3, 0.4) is 0 Å². The second-order valence-electron chi connectivity index (χ2n) is 5.51. The van der Waals surface area contributed by atoms with Crippen molar-refractivity contribution >= 4 is 15.9 Å². The molecule has 7 heteroatoms. The van der Waals surface area contributed by atoms with Gasteiger partial charge in [-0.15, -0.1) is 0 Å². The highest BCUT2D eigenvalue weighted by molar-refractivity contribution is 7.88. The summed E-state index contributed by atoms with van der Waals surface area (Å²) in [5, 5.41) is 0. The molecule has 0 spiro atoms. The Kier molecular flexibility index (Phi) is 5.42. The van der Waals surface area contributed by atoms with Crippen molar-refractivity contribution in [3.8, 4) is 5.75 Å². The number of benzene rings is 1. The minimum Gasteiger partial charge on any atom is -0.497 e. The van der Waals surface area contributed by atoms with Gasteiger partial charge in [-0.25, -0.2) is 13.1 Å². The first-order valence-corrected chi connectivity index (χ1v) is 9.17. The van der Waals surface area contributed by atoms with E-state index in [9.17, 15) is 13.2 Å². The molecule has 0 aromatic heterocycles. The lowest BCUT2D eigenvalue weighted by Gasteiger charge is -2.22. The molecule has 1 aromatic carbocycles. The number of rotatable bonds is 6. The maximum absolute atomic E-state index is 12.3. The largest absolute Gasteiger partial charge is 0.497 e. The molecule has 1 atom stereocenters. The van der Waals surface area contributed by atoms with Gasteiger partial charge in [0.25, 0.3) is 0 Å². The van der Waals surface area contributed by atoms with E-state index >= 15 is 0 Å². The van der Waals surface area contributed by atoms with E-state index in [0.717, 1.165) is 37.8 Å². The van der Waals surface area contributed by atoms with Gasteiger partial charge in [-0.1, -0.05) is 12.1 Å². The molecule has 6 nitrogen and oxygen atoms in total. The average Bonchev–Trinajstić information content (AvgIpc) is 2.99. The van der Waals surface area contributed by atoms with Gasteiger partial charge in [-0.2, -0.15) is 0 Å². The molecular weight excluding hydrogens is 304 g/mol. The van der Waals surface area contributed by atoms with Crippen molar-refractivity contribution in [3.05, 3.63) is 29.8 Å². The first-order chi connectivity index (χ1) is 10.4. The molecule has 22 heavy (non-hydrogen) atoms. The van der Waals surface area contributed by atoms with E-state index in [4.69, 9.17) is 4.74 Å². The number of carbonyl (C=O) groups is 1. The van der Waals surface area contributed by atoms with Gasteiger partial charge in [0, 0.05) is 19.5 Å². The molecule has 1 fully saturated rings. The van der Waals surface area contributed by atoms with Crippen molar-refractivity contribution in [1.82, 2.24) is 9.62 Å². The minimum atomic E-state index is -3.41. The lowest BCUT2D eigenvalue weighted by Crippen LogP contribution is -2.34. The molecule has 1 aliphatic rings. The predicted octanol–water partition coefficient (Wildman–Crippen LogP) is 1.30. The second kappa shape index (κ2) is 7.11. The van der Waals surface area contributed by atoms with Gasteiger partial charge in [0.05, 0.1) is 19.4 Å². The number of methoxy groups -OCH3 is 1. The lowest BCUT2D eigenvalue weighted by molar-refractivity contribution is -0.130. The summed E-state index contributed by atoms with van der Waals surface area (Å²) in [7, 11) is -1.84.